The largest absolute Gasteiger partial charge is 0.493 e. The Morgan fingerprint density at radius 2 is 1.81 bits per heavy atom. The lowest BCUT2D eigenvalue weighted by Crippen LogP contribution is -2.09. The molecule has 142 valence electrons. The summed E-state index contributed by atoms with van der Waals surface area (Å²) in [5, 5.41) is 8.55. The second kappa shape index (κ2) is 9.33. The van der Waals surface area contributed by atoms with Gasteiger partial charge in [-0.1, -0.05) is 18.2 Å². The lowest BCUT2D eigenvalue weighted by molar-refractivity contribution is -0.139. The number of benzene rings is 2. The number of aliphatic carboxylic acids is 1. The number of ketones is 1. The summed E-state index contributed by atoms with van der Waals surface area (Å²) >= 11 is 0. The summed E-state index contributed by atoms with van der Waals surface area (Å²) in [6.45, 7) is -3.44. The molecule has 0 unspecified atom stereocenters. The highest BCUT2D eigenvalue weighted by Gasteiger charge is 2.13. The van der Waals surface area contributed by atoms with Crippen molar-refractivity contribution in [3.05, 3.63) is 59.7 Å². The first-order chi connectivity index (χ1) is 12.9. The van der Waals surface area contributed by atoms with Crippen molar-refractivity contribution in [1.82, 2.24) is 0 Å². The molecule has 0 bridgehead atoms. The third-order valence-electron chi connectivity index (χ3n) is 3.33. The molecular formula is C19H16F2O6. The highest BCUT2D eigenvalue weighted by molar-refractivity contribution is 6.07. The van der Waals surface area contributed by atoms with Crippen molar-refractivity contribution in [1.29, 1.82) is 0 Å². The van der Waals surface area contributed by atoms with Crippen LogP contribution in [0.3, 0.4) is 0 Å². The van der Waals surface area contributed by atoms with Gasteiger partial charge >= 0.3 is 12.6 Å². The number of carbonyl (C=O) groups is 2. The Bertz CT molecular complexity index is 831. The van der Waals surface area contributed by atoms with Crippen LogP contribution in [0.5, 0.6) is 17.2 Å². The van der Waals surface area contributed by atoms with Crippen LogP contribution in [-0.2, 0) is 4.79 Å². The average molecular weight is 378 g/mol. The van der Waals surface area contributed by atoms with Gasteiger partial charge in [-0.25, -0.2) is 4.79 Å². The van der Waals surface area contributed by atoms with Gasteiger partial charge in [-0.3, -0.25) is 4.79 Å². The molecule has 2 rings (SSSR count). The van der Waals surface area contributed by atoms with Crippen LogP contribution in [0.1, 0.15) is 15.9 Å². The van der Waals surface area contributed by atoms with Crippen LogP contribution in [0.2, 0.25) is 0 Å². The number of rotatable bonds is 9. The minimum Gasteiger partial charge on any atom is -0.493 e. The van der Waals surface area contributed by atoms with Gasteiger partial charge in [0.1, 0.15) is 5.75 Å². The van der Waals surface area contributed by atoms with Gasteiger partial charge in [-0.2, -0.15) is 8.78 Å². The fourth-order valence-corrected chi connectivity index (χ4v) is 2.10. The van der Waals surface area contributed by atoms with Crippen LogP contribution in [-0.4, -0.2) is 37.2 Å². The summed E-state index contributed by atoms with van der Waals surface area (Å²) in [6.07, 6.45) is 2.87. The van der Waals surface area contributed by atoms with E-state index in [1.54, 1.807) is 30.3 Å². The van der Waals surface area contributed by atoms with Crippen LogP contribution in [0.15, 0.2) is 48.5 Å². The molecule has 0 saturated carbocycles. The van der Waals surface area contributed by atoms with Crippen LogP contribution in [0.25, 0.3) is 6.08 Å². The van der Waals surface area contributed by atoms with E-state index in [-0.39, 0.29) is 22.8 Å². The molecule has 0 aliphatic rings. The van der Waals surface area contributed by atoms with Crippen molar-refractivity contribution in [2.24, 2.45) is 0 Å². The normalized spacial score (nSPS) is 10.8. The first kappa shape index (κ1) is 19.9. The van der Waals surface area contributed by atoms with Crippen LogP contribution < -0.4 is 14.2 Å². The number of carboxylic acids is 1. The molecule has 0 aliphatic carbocycles. The zero-order valence-electron chi connectivity index (χ0n) is 14.2. The van der Waals surface area contributed by atoms with E-state index in [4.69, 9.17) is 14.6 Å². The Morgan fingerprint density at radius 1 is 1.11 bits per heavy atom. The monoisotopic (exact) mass is 378 g/mol. The summed E-state index contributed by atoms with van der Waals surface area (Å²) in [5.74, 6) is -1.19. The Morgan fingerprint density at radius 3 is 2.41 bits per heavy atom. The van der Waals surface area contributed by atoms with Crippen molar-refractivity contribution < 1.29 is 37.7 Å². The smallest absolute Gasteiger partial charge is 0.387 e. The highest BCUT2D eigenvalue weighted by atomic mass is 19.3. The second-order valence-corrected chi connectivity index (χ2v) is 5.19. The zero-order chi connectivity index (χ0) is 19.8. The van der Waals surface area contributed by atoms with Crippen molar-refractivity contribution in [3.63, 3.8) is 0 Å². The molecule has 0 saturated heterocycles. The molecule has 0 atom stereocenters. The van der Waals surface area contributed by atoms with E-state index in [1.807, 2.05) is 0 Å². The molecule has 0 aliphatic heterocycles. The SMILES string of the molecule is COc1cc(C(=O)/C=C/c2ccc(OCC(=O)O)cc2)ccc1OC(F)F. The summed E-state index contributed by atoms with van der Waals surface area (Å²) in [5.41, 5.74) is 0.932. The van der Waals surface area contributed by atoms with Gasteiger partial charge in [-0.15, -0.1) is 0 Å². The molecule has 0 spiro atoms. The molecule has 0 radical (unpaired) electrons. The first-order valence-electron chi connectivity index (χ1n) is 7.69. The number of carbonyl (C=O) groups excluding carboxylic acids is 1. The maximum atomic E-state index is 12.3. The van der Waals surface area contributed by atoms with Gasteiger partial charge < -0.3 is 19.3 Å². The minimum absolute atomic E-state index is 0.0227. The van der Waals surface area contributed by atoms with Gasteiger partial charge in [-0.05, 0) is 42.0 Å². The third kappa shape index (κ3) is 6.10. The van der Waals surface area contributed by atoms with E-state index in [0.29, 0.717) is 11.3 Å². The van der Waals surface area contributed by atoms with Crippen molar-refractivity contribution in [3.8, 4) is 17.2 Å². The molecule has 2 aromatic rings. The lowest BCUT2D eigenvalue weighted by atomic mass is 10.1. The number of carboxylic acid groups (broad SMARTS) is 1. The zero-order valence-corrected chi connectivity index (χ0v) is 14.2. The Kier molecular flexibility index (Phi) is 6.87. The molecular weight excluding hydrogens is 362 g/mol. The molecule has 1 N–H and O–H groups in total. The summed E-state index contributed by atoms with van der Waals surface area (Å²) < 4.78 is 38.9. The quantitative estimate of drug-likeness (QED) is 0.530. The van der Waals surface area contributed by atoms with Crippen molar-refractivity contribution in [2.75, 3.05) is 13.7 Å². The van der Waals surface area contributed by atoms with E-state index in [1.165, 1.54) is 31.4 Å². The molecule has 0 amide bonds. The maximum Gasteiger partial charge on any atom is 0.387 e. The molecule has 0 heterocycles. The number of ether oxygens (including phenoxy) is 3. The third-order valence-corrected chi connectivity index (χ3v) is 3.33. The topological polar surface area (TPSA) is 82.1 Å². The summed E-state index contributed by atoms with van der Waals surface area (Å²) in [6, 6.07) is 10.4. The van der Waals surface area contributed by atoms with E-state index in [2.05, 4.69) is 4.74 Å². The van der Waals surface area contributed by atoms with E-state index >= 15 is 0 Å². The lowest BCUT2D eigenvalue weighted by Gasteiger charge is -2.10. The predicted molar refractivity (Wildman–Crippen MR) is 92.6 cm³/mol. The van der Waals surface area contributed by atoms with Crippen LogP contribution >= 0.6 is 0 Å². The molecule has 0 fully saturated rings. The Hall–Kier alpha value is -3.42. The van der Waals surface area contributed by atoms with Gasteiger partial charge in [0, 0.05) is 5.56 Å². The fraction of sp³-hybridized carbons (Fsp3) is 0.158. The number of halogens is 2. The van der Waals surface area contributed by atoms with E-state index in [9.17, 15) is 18.4 Å². The number of hydrogen-bond donors (Lipinski definition) is 1. The minimum atomic E-state index is -3.00. The predicted octanol–water partition coefficient (Wildman–Crippen LogP) is 3.66. The summed E-state index contributed by atoms with van der Waals surface area (Å²) in [4.78, 5) is 22.7. The molecule has 0 aromatic heterocycles. The standard InChI is InChI=1S/C19H16F2O6/c1-25-17-10-13(5-9-16(17)27-19(20)21)15(22)8-4-12-2-6-14(7-3-12)26-11-18(23)24/h2-10,19H,11H2,1H3,(H,23,24)/b8-4+. The number of allylic oxidation sites excluding steroid dienone is 1. The Labute approximate surface area is 153 Å². The van der Waals surface area contributed by atoms with Crippen LogP contribution in [0, 0.1) is 0 Å². The van der Waals surface area contributed by atoms with Gasteiger partial charge in [0.2, 0.25) is 0 Å². The van der Waals surface area contributed by atoms with E-state index in [0.717, 1.165) is 0 Å². The van der Waals surface area contributed by atoms with Crippen molar-refractivity contribution in [2.45, 2.75) is 6.61 Å². The Balaban J connectivity index is 2.06. The van der Waals surface area contributed by atoms with Crippen LogP contribution in [0.4, 0.5) is 8.78 Å². The molecule has 6 nitrogen and oxygen atoms in total. The van der Waals surface area contributed by atoms with Gasteiger partial charge in [0.25, 0.3) is 0 Å². The van der Waals surface area contributed by atoms with Gasteiger partial charge in [0.05, 0.1) is 7.11 Å². The first-order valence-corrected chi connectivity index (χ1v) is 7.69. The van der Waals surface area contributed by atoms with E-state index < -0.39 is 19.2 Å². The maximum absolute atomic E-state index is 12.3. The number of alkyl halides is 2. The number of methoxy groups -OCH3 is 1. The number of hydrogen-bond acceptors (Lipinski definition) is 5. The molecule has 8 heteroatoms. The average Bonchev–Trinajstić information content (AvgIpc) is 2.65. The van der Waals surface area contributed by atoms with Gasteiger partial charge in [0.15, 0.2) is 23.9 Å². The summed E-state index contributed by atoms with van der Waals surface area (Å²) in [7, 11) is 1.28. The van der Waals surface area contributed by atoms with Crippen molar-refractivity contribution >= 4 is 17.8 Å². The fourth-order valence-electron chi connectivity index (χ4n) is 2.10. The molecule has 2 aromatic carbocycles. The second-order valence-electron chi connectivity index (χ2n) is 5.19. The molecule has 27 heavy (non-hydrogen) atoms. The highest BCUT2D eigenvalue weighted by Crippen LogP contribution is 2.29.